The van der Waals surface area contributed by atoms with Crippen molar-refractivity contribution >= 4 is 0 Å². The number of hydrogen-bond donors (Lipinski definition) is 2. The van der Waals surface area contributed by atoms with Crippen LogP contribution in [-0.4, -0.2) is 26.2 Å². The van der Waals surface area contributed by atoms with Crippen molar-refractivity contribution in [1.29, 1.82) is 0 Å². The second kappa shape index (κ2) is 5.72. The molecule has 1 atom stereocenters. The van der Waals surface area contributed by atoms with Gasteiger partial charge in [0.1, 0.15) is 5.75 Å². The summed E-state index contributed by atoms with van der Waals surface area (Å²) in [6.07, 6.45) is 3.75. The van der Waals surface area contributed by atoms with Gasteiger partial charge in [-0.3, -0.25) is 0 Å². The van der Waals surface area contributed by atoms with Crippen LogP contribution in [-0.2, 0) is 13.0 Å². The van der Waals surface area contributed by atoms with Crippen LogP contribution >= 0.6 is 0 Å². The largest absolute Gasteiger partial charge is 0.493 e. The standard InChI is InChI=1S/C15H22N2O/c1-2-13(10-16-6-1)11-17-9-12-3-4-15-14(8-12)5-7-18-15/h3-4,8,13,16-17H,1-2,5-7,9-11H2. The van der Waals surface area contributed by atoms with E-state index in [-0.39, 0.29) is 0 Å². The minimum absolute atomic E-state index is 0.802. The lowest BCUT2D eigenvalue weighted by molar-refractivity contribution is 0.356. The smallest absolute Gasteiger partial charge is 0.122 e. The highest BCUT2D eigenvalue weighted by molar-refractivity contribution is 5.39. The lowest BCUT2D eigenvalue weighted by Gasteiger charge is -2.23. The van der Waals surface area contributed by atoms with Gasteiger partial charge in [-0.2, -0.15) is 0 Å². The summed E-state index contributed by atoms with van der Waals surface area (Å²) >= 11 is 0. The Morgan fingerprint density at radius 2 is 2.39 bits per heavy atom. The van der Waals surface area contributed by atoms with E-state index in [0.717, 1.165) is 37.8 Å². The maximum atomic E-state index is 5.52. The lowest BCUT2D eigenvalue weighted by atomic mass is 9.99. The zero-order valence-corrected chi connectivity index (χ0v) is 10.9. The van der Waals surface area contributed by atoms with Crippen LogP contribution in [0.25, 0.3) is 0 Å². The topological polar surface area (TPSA) is 33.3 Å². The van der Waals surface area contributed by atoms with E-state index in [0.29, 0.717) is 0 Å². The molecule has 0 saturated carbocycles. The molecule has 1 fully saturated rings. The number of rotatable bonds is 4. The molecule has 0 bridgehead atoms. The molecule has 2 N–H and O–H groups in total. The van der Waals surface area contributed by atoms with Gasteiger partial charge in [0, 0.05) is 13.0 Å². The Bertz CT molecular complexity index is 399. The zero-order chi connectivity index (χ0) is 12.2. The summed E-state index contributed by atoms with van der Waals surface area (Å²) in [5.41, 5.74) is 2.75. The lowest BCUT2D eigenvalue weighted by Crippen LogP contribution is -2.35. The van der Waals surface area contributed by atoms with E-state index in [1.54, 1.807) is 0 Å². The number of hydrogen-bond acceptors (Lipinski definition) is 3. The van der Waals surface area contributed by atoms with Crippen LogP contribution in [0.2, 0.25) is 0 Å². The predicted molar refractivity (Wildman–Crippen MR) is 72.9 cm³/mol. The van der Waals surface area contributed by atoms with Gasteiger partial charge >= 0.3 is 0 Å². The van der Waals surface area contributed by atoms with Gasteiger partial charge in [-0.05, 0) is 55.6 Å². The fourth-order valence-corrected chi connectivity index (χ4v) is 2.87. The first-order valence-electron chi connectivity index (χ1n) is 7.08. The average Bonchev–Trinajstić information content (AvgIpc) is 2.87. The molecule has 98 valence electrons. The van der Waals surface area contributed by atoms with Gasteiger partial charge in [0.15, 0.2) is 0 Å². The highest BCUT2D eigenvalue weighted by Crippen LogP contribution is 2.25. The highest BCUT2D eigenvalue weighted by atomic mass is 16.5. The van der Waals surface area contributed by atoms with Gasteiger partial charge in [0.05, 0.1) is 6.61 Å². The van der Waals surface area contributed by atoms with E-state index in [4.69, 9.17) is 4.74 Å². The molecule has 1 aromatic carbocycles. The minimum Gasteiger partial charge on any atom is -0.493 e. The maximum Gasteiger partial charge on any atom is 0.122 e. The molecule has 1 saturated heterocycles. The first-order valence-corrected chi connectivity index (χ1v) is 7.08. The van der Waals surface area contributed by atoms with Crippen LogP contribution in [0.1, 0.15) is 24.0 Å². The number of benzene rings is 1. The molecular formula is C15H22N2O. The van der Waals surface area contributed by atoms with Crippen molar-refractivity contribution in [3.05, 3.63) is 29.3 Å². The molecule has 2 heterocycles. The van der Waals surface area contributed by atoms with Crippen molar-refractivity contribution in [3.8, 4) is 5.75 Å². The first-order chi connectivity index (χ1) is 8.92. The van der Waals surface area contributed by atoms with Crippen molar-refractivity contribution < 1.29 is 4.74 Å². The molecule has 3 heteroatoms. The third-order valence-corrected chi connectivity index (χ3v) is 3.91. The molecular weight excluding hydrogens is 224 g/mol. The summed E-state index contributed by atoms with van der Waals surface area (Å²) in [7, 11) is 0. The number of ether oxygens (including phenoxy) is 1. The minimum atomic E-state index is 0.802. The van der Waals surface area contributed by atoms with E-state index in [1.807, 2.05) is 0 Å². The Hall–Kier alpha value is -1.06. The number of nitrogens with one attached hydrogen (secondary N) is 2. The van der Waals surface area contributed by atoms with Crippen LogP contribution in [0.4, 0.5) is 0 Å². The van der Waals surface area contributed by atoms with E-state index in [2.05, 4.69) is 28.8 Å². The van der Waals surface area contributed by atoms with Crippen LogP contribution < -0.4 is 15.4 Å². The molecule has 18 heavy (non-hydrogen) atoms. The summed E-state index contributed by atoms with van der Waals surface area (Å²) < 4.78 is 5.52. The van der Waals surface area contributed by atoms with E-state index >= 15 is 0 Å². The number of piperidine rings is 1. The second-order valence-electron chi connectivity index (χ2n) is 5.38. The quantitative estimate of drug-likeness (QED) is 0.848. The summed E-state index contributed by atoms with van der Waals surface area (Å²) in [4.78, 5) is 0. The van der Waals surface area contributed by atoms with Gasteiger partial charge < -0.3 is 15.4 Å². The molecule has 1 aromatic rings. The predicted octanol–water partition coefficient (Wildman–Crippen LogP) is 1.71. The fraction of sp³-hybridized carbons (Fsp3) is 0.600. The summed E-state index contributed by atoms with van der Waals surface area (Å²) in [6.45, 7) is 5.32. The summed E-state index contributed by atoms with van der Waals surface area (Å²) in [6, 6.07) is 6.58. The summed E-state index contributed by atoms with van der Waals surface area (Å²) in [5, 5.41) is 7.04. The Balaban J connectivity index is 1.48. The van der Waals surface area contributed by atoms with Gasteiger partial charge in [-0.1, -0.05) is 12.1 Å². The Labute approximate surface area is 109 Å². The van der Waals surface area contributed by atoms with Crippen LogP contribution in [0.3, 0.4) is 0 Å². The third kappa shape index (κ3) is 2.85. The molecule has 0 aliphatic carbocycles. The molecule has 1 unspecified atom stereocenters. The van der Waals surface area contributed by atoms with E-state index in [1.165, 1.54) is 37.1 Å². The molecule has 3 rings (SSSR count). The molecule has 0 spiro atoms. The average molecular weight is 246 g/mol. The molecule has 0 aromatic heterocycles. The Morgan fingerprint density at radius 1 is 1.39 bits per heavy atom. The van der Waals surface area contributed by atoms with Crippen molar-refractivity contribution in [3.63, 3.8) is 0 Å². The third-order valence-electron chi connectivity index (χ3n) is 3.91. The van der Waals surface area contributed by atoms with Gasteiger partial charge in [0.25, 0.3) is 0 Å². The molecule has 2 aliphatic rings. The fourth-order valence-electron chi connectivity index (χ4n) is 2.87. The monoisotopic (exact) mass is 246 g/mol. The van der Waals surface area contributed by atoms with Gasteiger partial charge in [-0.25, -0.2) is 0 Å². The normalized spacial score (nSPS) is 22.6. The summed E-state index contributed by atoms with van der Waals surface area (Å²) in [5.74, 6) is 1.88. The van der Waals surface area contributed by atoms with Crippen molar-refractivity contribution in [1.82, 2.24) is 10.6 Å². The number of fused-ring (bicyclic) bond motifs is 1. The maximum absolute atomic E-state index is 5.52. The zero-order valence-electron chi connectivity index (χ0n) is 10.9. The molecule has 0 amide bonds. The van der Waals surface area contributed by atoms with Crippen LogP contribution in [0.15, 0.2) is 18.2 Å². The van der Waals surface area contributed by atoms with E-state index < -0.39 is 0 Å². The van der Waals surface area contributed by atoms with Gasteiger partial charge in [-0.15, -0.1) is 0 Å². The van der Waals surface area contributed by atoms with Crippen LogP contribution in [0, 0.1) is 5.92 Å². The van der Waals surface area contributed by atoms with E-state index in [9.17, 15) is 0 Å². The Kier molecular flexibility index (Phi) is 3.81. The van der Waals surface area contributed by atoms with Gasteiger partial charge in [0.2, 0.25) is 0 Å². The van der Waals surface area contributed by atoms with Crippen molar-refractivity contribution in [2.75, 3.05) is 26.2 Å². The van der Waals surface area contributed by atoms with Crippen molar-refractivity contribution in [2.24, 2.45) is 5.92 Å². The molecule has 2 aliphatic heterocycles. The Morgan fingerprint density at radius 3 is 3.28 bits per heavy atom. The SMILES string of the molecule is c1cc2c(cc1CNCC1CCCNC1)CCO2. The van der Waals surface area contributed by atoms with Crippen molar-refractivity contribution in [2.45, 2.75) is 25.8 Å². The molecule has 3 nitrogen and oxygen atoms in total. The highest BCUT2D eigenvalue weighted by Gasteiger charge is 2.13. The first kappa shape index (κ1) is 12.0. The molecule has 0 radical (unpaired) electrons. The second-order valence-corrected chi connectivity index (χ2v) is 5.38. The van der Waals surface area contributed by atoms with Crippen LogP contribution in [0.5, 0.6) is 5.75 Å².